The molecule has 0 radical (unpaired) electrons. The predicted molar refractivity (Wildman–Crippen MR) is 91.2 cm³/mol. The van der Waals surface area contributed by atoms with E-state index in [1.54, 1.807) is 11.3 Å². The van der Waals surface area contributed by atoms with Crippen LogP contribution in [-0.4, -0.2) is 28.3 Å². The van der Waals surface area contributed by atoms with Crippen molar-refractivity contribution >= 4 is 17.4 Å². The van der Waals surface area contributed by atoms with Crippen molar-refractivity contribution in [2.75, 3.05) is 0 Å². The Morgan fingerprint density at radius 2 is 1.96 bits per heavy atom. The molecule has 1 saturated carbocycles. The second-order valence-corrected chi connectivity index (χ2v) is 6.70. The molecule has 3 rings (SSSR count). The highest BCUT2D eigenvalue weighted by molar-refractivity contribution is 7.13. The van der Waals surface area contributed by atoms with E-state index in [0.717, 1.165) is 41.9 Å². The van der Waals surface area contributed by atoms with Gasteiger partial charge in [-0.3, -0.25) is 0 Å². The summed E-state index contributed by atoms with van der Waals surface area (Å²) < 4.78 is 0. The quantitative estimate of drug-likeness (QED) is 0.806. The Balaban J connectivity index is 1.47. The lowest BCUT2D eigenvalue weighted by Gasteiger charge is -2.26. The average molecular weight is 331 g/mol. The maximum absolute atomic E-state index is 11.9. The summed E-state index contributed by atoms with van der Waals surface area (Å²) in [6.45, 7) is 0.421. The van der Waals surface area contributed by atoms with Gasteiger partial charge in [0, 0.05) is 17.0 Å². The molecule has 2 amide bonds. The molecule has 1 heterocycles. The third kappa shape index (κ3) is 4.53. The topological polar surface area (TPSA) is 74.2 Å². The summed E-state index contributed by atoms with van der Waals surface area (Å²) in [5.74, 6) is 0. The van der Waals surface area contributed by atoms with Gasteiger partial charge in [0.05, 0.1) is 18.3 Å². The summed E-state index contributed by atoms with van der Waals surface area (Å²) in [5.41, 5.74) is 1.96. The molecule has 0 spiro atoms. The van der Waals surface area contributed by atoms with Gasteiger partial charge in [-0.25, -0.2) is 9.78 Å². The number of urea groups is 1. The summed E-state index contributed by atoms with van der Waals surface area (Å²) >= 11 is 1.58. The van der Waals surface area contributed by atoms with Gasteiger partial charge in [0.25, 0.3) is 0 Å². The number of aliphatic hydroxyl groups is 1. The van der Waals surface area contributed by atoms with Crippen molar-refractivity contribution in [3.05, 3.63) is 41.4 Å². The summed E-state index contributed by atoms with van der Waals surface area (Å²) in [4.78, 5) is 16.5. The van der Waals surface area contributed by atoms with Gasteiger partial charge in [0.15, 0.2) is 0 Å². The van der Waals surface area contributed by atoms with Crippen LogP contribution in [0.4, 0.5) is 4.79 Å². The van der Waals surface area contributed by atoms with E-state index in [1.165, 1.54) is 0 Å². The van der Waals surface area contributed by atoms with E-state index in [2.05, 4.69) is 15.6 Å². The number of nitrogens with zero attached hydrogens (tertiary/aromatic N) is 1. The Labute approximate surface area is 139 Å². The monoisotopic (exact) mass is 331 g/mol. The van der Waals surface area contributed by atoms with Gasteiger partial charge in [-0.15, -0.1) is 11.3 Å². The van der Waals surface area contributed by atoms with Crippen molar-refractivity contribution in [3.63, 3.8) is 0 Å². The first kappa shape index (κ1) is 16.0. The zero-order chi connectivity index (χ0) is 16.1. The molecule has 0 saturated heterocycles. The summed E-state index contributed by atoms with van der Waals surface area (Å²) in [5, 5.41) is 18.2. The van der Waals surface area contributed by atoms with E-state index in [9.17, 15) is 9.90 Å². The summed E-state index contributed by atoms with van der Waals surface area (Å²) in [6.07, 6.45) is 2.99. The molecular weight excluding hydrogens is 310 g/mol. The van der Waals surface area contributed by atoms with Crippen molar-refractivity contribution in [2.45, 2.75) is 44.4 Å². The molecule has 1 aromatic carbocycles. The molecule has 1 fully saturated rings. The number of thiazole rings is 1. The normalized spacial score (nSPS) is 20.9. The molecule has 1 aromatic heterocycles. The lowest BCUT2D eigenvalue weighted by atomic mass is 9.93. The Bertz CT molecular complexity index is 636. The number of benzene rings is 1. The first-order valence-corrected chi connectivity index (χ1v) is 8.81. The number of rotatable bonds is 4. The lowest BCUT2D eigenvalue weighted by molar-refractivity contribution is 0.117. The number of carbonyl (C=O) groups is 1. The molecule has 0 bridgehead atoms. The van der Waals surface area contributed by atoms with E-state index in [4.69, 9.17) is 0 Å². The van der Waals surface area contributed by atoms with Crippen molar-refractivity contribution in [1.82, 2.24) is 15.6 Å². The van der Waals surface area contributed by atoms with E-state index in [1.807, 2.05) is 35.7 Å². The molecule has 1 aliphatic carbocycles. The van der Waals surface area contributed by atoms with Crippen LogP contribution < -0.4 is 10.6 Å². The highest BCUT2D eigenvalue weighted by atomic mass is 32.1. The maximum Gasteiger partial charge on any atom is 0.315 e. The van der Waals surface area contributed by atoms with Crippen molar-refractivity contribution in [1.29, 1.82) is 0 Å². The van der Waals surface area contributed by atoms with Crippen molar-refractivity contribution in [2.24, 2.45) is 0 Å². The highest BCUT2D eigenvalue weighted by Crippen LogP contribution is 2.23. The molecule has 0 unspecified atom stereocenters. The van der Waals surface area contributed by atoms with Crippen LogP contribution in [0, 0.1) is 0 Å². The second kappa shape index (κ2) is 7.57. The number of hydrogen-bond donors (Lipinski definition) is 3. The SMILES string of the molecule is O=C(NCc1csc(-c2ccccc2)n1)NC1CCC(O)CC1. The molecular formula is C17H21N3O2S. The summed E-state index contributed by atoms with van der Waals surface area (Å²) in [7, 11) is 0. The van der Waals surface area contributed by atoms with E-state index < -0.39 is 0 Å². The minimum Gasteiger partial charge on any atom is -0.393 e. The zero-order valence-electron chi connectivity index (χ0n) is 12.9. The van der Waals surface area contributed by atoms with Gasteiger partial charge < -0.3 is 15.7 Å². The smallest absolute Gasteiger partial charge is 0.315 e. The van der Waals surface area contributed by atoms with Crippen LogP contribution in [0.5, 0.6) is 0 Å². The fraction of sp³-hybridized carbons (Fsp3) is 0.412. The van der Waals surface area contributed by atoms with Crippen LogP contribution in [0.15, 0.2) is 35.7 Å². The third-order valence-electron chi connectivity index (χ3n) is 4.03. The van der Waals surface area contributed by atoms with Gasteiger partial charge in [-0.2, -0.15) is 0 Å². The number of hydrogen-bond acceptors (Lipinski definition) is 4. The maximum atomic E-state index is 11.9. The molecule has 5 nitrogen and oxygen atoms in total. The Morgan fingerprint density at radius 3 is 2.70 bits per heavy atom. The van der Waals surface area contributed by atoms with Crippen LogP contribution in [0.1, 0.15) is 31.4 Å². The Hall–Kier alpha value is -1.92. The fourth-order valence-corrected chi connectivity index (χ4v) is 3.55. The van der Waals surface area contributed by atoms with E-state index in [0.29, 0.717) is 6.54 Å². The van der Waals surface area contributed by atoms with Crippen LogP contribution in [0.2, 0.25) is 0 Å². The Morgan fingerprint density at radius 1 is 1.22 bits per heavy atom. The summed E-state index contributed by atoms with van der Waals surface area (Å²) in [6, 6.07) is 10.0. The number of nitrogens with one attached hydrogen (secondary N) is 2. The largest absolute Gasteiger partial charge is 0.393 e. The lowest BCUT2D eigenvalue weighted by Crippen LogP contribution is -2.43. The number of carbonyl (C=O) groups excluding carboxylic acids is 1. The molecule has 23 heavy (non-hydrogen) atoms. The third-order valence-corrected chi connectivity index (χ3v) is 4.97. The molecule has 1 aliphatic rings. The van der Waals surface area contributed by atoms with Crippen LogP contribution >= 0.6 is 11.3 Å². The number of aromatic nitrogens is 1. The predicted octanol–water partition coefficient (Wildman–Crippen LogP) is 2.91. The van der Waals surface area contributed by atoms with Gasteiger partial charge in [0.1, 0.15) is 5.01 Å². The standard InChI is InChI=1S/C17H21N3O2S/c21-15-8-6-13(7-9-15)20-17(22)18-10-14-11-23-16(19-14)12-4-2-1-3-5-12/h1-5,11,13,15,21H,6-10H2,(H2,18,20,22). The number of amides is 2. The molecule has 122 valence electrons. The second-order valence-electron chi connectivity index (χ2n) is 5.84. The van der Waals surface area contributed by atoms with Gasteiger partial charge >= 0.3 is 6.03 Å². The molecule has 6 heteroatoms. The van der Waals surface area contributed by atoms with Crippen molar-refractivity contribution < 1.29 is 9.90 Å². The molecule has 0 atom stereocenters. The molecule has 3 N–H and O–H groups in total. The minimum atomic E-state index is -0.206. The van der Waals surface area contributed by atoms with Crippen LogP contribution in [0.25, 0.3) is 10.6 Å². The molecule has 2 aromatic rings. The first-order chi connectivity index (χ1) is 11.2. The fourth-order valence-electron chi connectivity index (χ4n) is 2.73. The zero-order valence-corrected chi connectivity index (χ0v) is 13.7. The molecule has 0 aliphatic heterocycles. The number of aliphatic hydroxyl groups excluding tert-OH is 1. The van der Waals surface area contributed by atoms with Crippen LogP contribution in [-0.2, 0) is 6.54 Å². The van der Waals surface area contributed by atoms with Crippen molar-refractivity contribution in [3.8, 4) is 10.6 Å². The van der Waals surface area contributed by atoms with Crippen LogP contribution in [0.3, 0.4) is 0 Å². The van der Waals surface area contributed by atoms with Gasteiger partial charge in [-0.05, 0) is 25.7 Å². The van der Waals surface area contributed by atoms with E-state index in [-0.39, 0.29) is 18.2 Å². The van der Waals surface area contributed by atoms with Gasteiger partial charge in [0.2, 0.25) is 0 Å². The van der Waals surface area contributed by atoms with E-state index >= 15 is 0 Å². The minimum absolute atomic E-state index is 0.161. The van der Waals surface area contributed by atoms with Gasteiger partial charge in [-0.1, -0.05) is 30.3 Å². The first-order valence-electron chi connectivity index (χ1n) is 7.93. The highest BCUT2D eigenvalue weighted by Gasteiger charge is 2.20. The Kier molecular flexibility index (Phi) is 5.25. The average Bonchev–Trinajstić information content (AvgIpc) is 3.05.